The minimum Gasteiger partial charge on any atom is -0.454 e. The molecule has 0 radical (unpaired) electrons. The van der Waals surface area contributed by atoms with Gasteiger partial charge in [0.15, 0.2) is 11.0 Å². The van der Waals surface area contributed by atoms with Gasteiger partial charge in [0.2, 0.25) is 0 Å². The number of hydrogen-bond donors (Lipinski definition) is 0. The van der Waals surface area contributed by atoms with Gasteiger partial charge in [0.05, 0.1) is 11.2 Å². The molecule has 1 aliphatic rings. The van der Waals surface area contributed by atoms with Crippen LogP contribution in [0.5, 0.6) is 0 Å². The lowest BCUT2D eigenvalue weighted by molar-refractivity contribution is 0.576. The number of hydrogen-bond acceptors (Lipinski definition) is 3. The summed E-state index contributed by atoms with van der Waals surface area (Å²) in [7, 11) is -2.78. The molecule has 0 fully saturated rings. The molecule has 168 valence electrons. The van der Waals surface area contributed by atoms with Gasteiger partial charge in [-0.2, -0.15) is 0 Å². The fourth-order valence-corrected chi connectivity index (χ4v) is 5.18. The zero-order chi connectivity index (χ0) is 23.7. The summed E-state index contributed by atoms with van der Waals surface area (Å²) in [5, 5.41) is 2.24. The monoisotopic (exact) mass is 574 g/mol. The lowest BCUT2D eigenvalue weighted by atomic mass is 9.99. The number of halogens is 3. The van der Waals surface area contributed by atoms with Crippen LogP contribution in [0.15, 0.2) is 98.4 Å². The summed E-state index contributed by atoms with van der Waals surface area (Å²) in [5.41, 5.74) is 4.99. The molecule has 7 rings (SSSR count). The van der Waals surface area contributed by atoms with Crippen LogP contribution < -0.4 is 10.8 Å². The molecule has 0 amide bonds. The van der Waals surface area contributed by atoms with Crippen LogP contribution in [0.2, 0.25) is 0 Å². The third kappa shape index (κ3) is 3.12. The Hall–Kier alpha value is -3.66. The minimum absolute atomic E-state index is 0.338. The maximum Gasteiger partial charge on any atom is 0.678 e. The van der Waals surface area contributed by atoms with Gasteiger partial charge >= 0.3 is 7.40 Å². The summed E-state index contributed by atoms with van der Waals surface area (Å²) in [6.45, 7) is 0. The predicted octanol–water partition coefficient (Wildman–Crippen LogP) is 6.38. The van der Waals surface area contributed by atoms with E-state index in [1.54, 1.807) is 18.2 Å². The molecule has 0 unspecified atom stereocenters. The number of allylic oxidation sites excluding steroid dienone is 1. The van der Waals surface area contributed by atoms with Crippen molar-refractivity contribution in [1.29, 1.82) is 0 Å². The van der Waals surface area contributed by atoms with E-state index in [1.807, 2.05) is 66.7 Å². The number of aromatic nitrogens is 1. The summed E-state index contributed by atoms with van der Waals surface area (Å²) in [5.74, 6) is 0. The molecule has 0 N–H and O–H groups in total. The zero-order valence-electron chi connectivity index (χ0n) is 18.0. The molecular weight excluding hydrogens is 560 g/mol. The second-order valence-electron chi connectivity index (χ2n) is 8.32. The molecule has 1 aliphatic heterocycles. The summed E-state index contributed by atoms with van der Waals surface area (Å²) in [6, 6.07) is 24.3. The van der Waals surface area contributed by atoms with Crippen LogP contribution >= 0.6 is 22.6 Å². The van der Waals surface area contributed by atoms with E-state index in [0.29, 0.717) is 49.8 Å². The van der Waals surface area contributed by atoms with Crippen molar-refractivity contribution in [2.45, 2.75) is 0 Å². The van der Waals surface area contributed by atoms with Crippen LogP contribution in [-0.2, 0) is 0 Å². The lowest BCUT2D eigenvalue weighted by Gasteiger charge is -2.13. The molecular formula is C27H14BF2IN2O2. The highest BCUT2D eigenvalue weighted by Crippen LogP contribution is 2.38. The van der Waals surface area contributed by atoms with E-state index in [1.165, 1.54) is 0 Å². The van der Waals surface area contributed by atoms with Crippen molar-refractivity contribution in [3.63, 3.8) is 0 Å². The maximum absolute atomic E-state index is 14.7. The van der Waals surface area contributed by atoms with Gasteiger partial charge in [0, 0.05) is 37.8 Å². The first kappa shape index (κ1) is 20.7. The van der Waals surface area contributed by atoms with E-state index >= 15 is 0 Å². The number of benzene rings is 3. The number of furan rings is 2. The second-order valence-corrected chi connectivity index (χ2v) is 9.57. The average molecular weight is 574 g/mol. The Morgan fingerprint density at radius 1 is 0.829 bits per heavy atom. The topological polar surface area (TPSA) is 43.6 Å². The first-order valence-electron chi connectivity index (χ1n) is 11.0. The van der Waals surface area contributed by atoms with Crippen molar-refractivity contribution in [3.8, 4) is 0 Å². The SMILES string of the molecule is FB(F)n1c(/C(=C2/C=c3oc4ccccc4c3=N2)c2ccc(I)cc2)cc2oc3ccccc3c21. The summed E-state index contributed by atoms with van der Waals surface area (Å²) < 4.78 is 43.4. The van der Waals surface area contributed by atoms with Crippen LogP contribution in [0, 0.1) is 3.57 Å². The van der Waals surface area contributed by atoms with Gasteiger partial charge in [0.1, 0.15) is 16.5 Å². The molecule has 3 aromatic heterocycles. The number of nitrogens with zero attached hydrogens (tertiary/aromatic N) is 2. The van der Waals surface area contributed by atoms with E-state index in [9.17, 15) is 8.63 Å². The number of rotatable bonds is 3. The Kier molecular flexibility index (Phi) is 4.54. The smallest absolute Gasteiger partial charge is 0.454 e. The van der Waals surface area contributed by atoms with E-state index in [0.717, 1.165) is 24.6 Å². The fourth-order valence-electron chi connectivity index (χ4n) is 4.82. The van der Waals surface area contributed by atoms with Gasteiger partial charge in [-0.15, -0.1) is 0 Å². The van der Waals surface area contributed by atoms with Crippen molar-refractivity contribution in [3.05, 3.63) is 110 Å². The standard InChI is InChI=1S/C27H14BF2IN2O2/c29-28(30)33-20(14-24-27(33)18-6-2-4-8-22(18)35-24)25(15-9-11-16(31)12-10-15)19-13-23-26(32-19)17-5-1-3-7-21(17)34-23/h1-14H/b25-19-. The molecule has 3 aromatic carbocycles. The zero-order valence-corrected chi connectivity index (χ0v) is 20.2. The van der Waals surface area contributed by atoms with Gasteiger partial charge in [-0.05, 0) is 64.6 Å². The van der Waals surface area contributed by atoms with Gasteiger partial charge < -0.3 is 13.3 Å². The average Bonchev–Trinajstić information content (AvgIpc) is 3.58. The molecule has 6 aromatic rings. The van der Waals surface area contributed by atoms with Crippen molar-refractivity contribution in [1.82, 2.24) is 4.48 Å². The highest BCUT2D eigenvalue weighted by molar-refractivity contribution is 14.1. The predicted molar refractivity (Wildman–Crippen MR) is 142 cm³/mol. The Labute approximate surface area is 211 Å². The van der Waals surface area contributed by atoms with Crippen molar-refractivity contribution >= 4 is 74.7 Å². The van der Waals surface area contributed by atoms with Gasteiger partial charge in [0.25, 0.3) is 0 Å². The van der Waals surface area contributed by atoms with Gasteiger partial charge in [-0.1, -0.05) is 36.4 Å². The molecule has 0 aliphatic carbocycles. The van der Waals surface area contributed by atoms with Crippen LogP contribution in [0.1, 0.15) is 11.3 Å². The molecule has 4 heterocycles. The number of fused-ring (bicyclic) bond motifs is 6. The Bertz CT molecular complexity index is 1950. The van der Waals surface area contributed by atoms with Crippen LogP contribution in [-0.4, -0.2) is 11.9 Å². The normalized spacial score (nSPS) is 14.4. The van der Waals surface area contributed by atoms with Crippen molar-refractivity contribution < 1.29 is 17.5 Å². The van der Waals surface area contributed by atoms with E-state index < -0.39 is 7.40 Å². The molecule has 4 nitrogen and oxygen atoms in total. The van der Waals surface area contributed by atoms with Crippen LogP contribution in [0.25, 0.3) is 44.7 Å². The Morgan fingerprint density at radius 2 is 1.51 bits per heavy atom. The molecule has 0 saturated heterocycles. The van der Waals surface area contributed by atoms with Crippen LogP contribution in [0.4, 0.5) is 8.63 Å². The molecule has 8 heteroatoms. The fraction of sp³-hybridized carbons (Fsp3) is 0. The minimum atomic E-state index is -2.78. The lowest BCUT2D eigenvalue weighted by Crippen LogP contribution is -2.16. The number of para-hydroxylation sites is 2. The van der Waals surface area contributed by atoms with Gasteiger partial charge in [-0.25, -0.2) is 4.99 Å². The summed E-state index contributed by atoms with van der Waals surface area (Å²) in [6.07, 6.45) is 1.82. The van der Waals surface area contributed by atoms with E-state index in [2.05, 4.69) is 22.6 Å². The van der Waals surface area contributed by atoms with Crippen molar-refractivity contribution in [2.24, 2.45) is 4.99 Å². The van der Waals surface area contributed by atoms with Crippen LogP contribution in [0.3, 0.4) is 0 Å². The first-order chi connectivity index (χ1) is 17.1. The van der Waals surface area contributed by atoms with E-state index in [-0.39, 0.29) is 0 Å². The highest BCUT2D eigenvalue weighted by atomic mass is 127. The molecule has 0 spiro atoms. The molecule has 0 saturated carbocycles. The maximum atomic E-state index is 14.7. The van der Waals surface area contributed by atoms with Crippen molar-refractivity contribution in [2.75, 3.05) is 0 Å². The third-order valence-electron chi connectivity index (χ3n) is 6.30. The summed E-state index contributed by atoms with van der Waals surface area (Å²) in [4.78, 5) is 4.87. The second kappa shape index (κ2) is 7.68. The van der Waals surface area contributed by atoms with E-state index in [4.69, 9.17) is 13.8 Å². The first-order valence-corrected chi connectivity index (χ1v) is 12.1. The summed E-state index contributed by atoms with van der Waals surface area (Å²) >= 11 is 2.23. The Morgan fingerprint density at radius 3 is 2.26 bits per heavy atom. The molecule has 0 bridgehead atoms. The third-order valence-corrected chi connectivity index (χ3v) is 7.02. The van der Waals surface area contributed by atoms with Gasteiger partial charge in [-0.3, -0.25) is 8.63 Å². The quantitative estimate of drug-likeness (QED) is 0.182. The molecule has 0 atom stereocenters. The highest BCUT2D eigenvalue weighted by Gasteiger charge is 2.30. The largest absolute Gasteiger partial charge is 0.678 e. The Balaban J connectivity index is 1.58. The molecule has 35 heavy (non-hydrogen) atoms.